The van der Waals surface area contributed by atoms with Crippen LogP contribution in [-0.4, -0.2) is 5.16 Å². The number of hydrogen-bond acceptors (Lipinski definition) is 3. The van der Waals surface area contributed by atoms with E-state index in [-0.39, 0.29) is 11.7 Å². The zero-order valence-electron chi connectivity index (χ0n) is 9.03. The minimum absolute atomic E-state index is 0.175. The Kier molecular flexibility index (Phi) is 2.90. The van der Waals surface area contributed by atoms with E-state index in [1.807, 2.05) is 6.92 Å². The van der Waals surface area contributed by atoms with Crippen LogP contribution in [0.2, 0.25) is 0 Å². The second-order valence-electron chi connectivity index (χ2n) is 3.60. The van der Waals surface area contributed by atoms with E-state index in [9.17, 15) is 4.39 Å². The lowest BCUT2D eigenvalue weighted by molar-refractivity contribution is 0.427. The van der Waals surface area contributed by atoms with Gasteiger partial charge in [-0.2, -0.15) is 0 Å². The van der Waals surface area contributed by atoms with Crippen LogP contribution in [0.25, 0.3) is 11.1 Å². The third kappa shape index (κ3) is 1.78. The van der Waals surface area contributed by atoms with Gasteiger partial charge in [-0.3, -0.25) is 0 Å². The molecule has 16 heavy (non-hydrogen) atoms. The van der Waals surface area contributed by atoms with Gasteiger partial charge in [0.25, 0.3) is 0 Å². The third-order valence-corrected chi connectivity index (χ3v) is 2.42. The molecule has 4 heteroatoms. The maximum atomic E-state index is 13.6. The van der Waals surface area contributed by atoms with Crippen molar-refractivity contribution in [1.29, 1.82) is 0 Å². The Labute approximate surface area is 93.1 Å². The average molecular weight is 220 g/mol. The van der Waals surface area contributed by atoms with Crippen molar-refractivity contribution in [1.82, 2.24) is 5.16 Å². The molecule has 84 valence electrons. The van der Waals surface area contributed by atoms with Crippen molar-refractivity contribution in [3.8, 4) is 11.1 Å². The van der Waals surface area contributed by atoms with E-state index >= 15 is 0 Å². The molecule has 0 saturated heterocycles. The van der Waals surface area contributed by atoms with Crippen molar-refractivity contribution in [2.45, 2.75) is 19.8 Å². The lowest BCUT2D eigenvalue weighted by Gasteiger charge is -2.02. The molecule has 0 fully saturated rings. The molecule has 2 rings (SSSR count). The van der Waals surface area contributed by atoms with Gasteiger partial charge in [-0.1, -0.05) is 36.7 Å². The van der Waals surface area contributed by atoms with E-state index in [1.54, 1.807) is 18.2 Å². The molecule has 0 saturated carbocycles. The lowest BCUT2D eigenvalue weighted by atomic mass is 10.0. The maximum Gasteiger partial charge on any atom is 0.230 e. The maximum absolute atomic E-state index is 13.6. The first-order valence-electron chi connectivity index (χ1n) is 5.23. The molecule has 0 amide bonds. The third-order valence-electron chi connectivity index (χ3n) is 2.42. The zero-order valence-corrected chi connectivity index (χ0v) is 9.03. The Balaban J connectivity index is 2.54. The van der Waals surface area contributed by atoms with Crippen LogP contribution in [0.1, 0.15) is 19.0 Å². The first-order chi connectivity index (χ1) is 7.74. The van der Waals surface area contributed by atoms with Crippen molar-refractivity contribution < 1.29 is 8.91 Å². The fourth-order valence-corrected chi connectivity index (χ4v) is 1.70. The summed E-state index contributed by atoms with van der Waals surface area (Å²) in [6.45, 7) is 2.02. The van der Waals surface area contributed by atoms with Gasteiger partial charge in [-0.05, 0) is 12.5 Å². The summed E-state index contributed by atoms with van der Waals surface area (Å²) in [5.74, 6) is -0.136. The number of halogens is 1. The number of aromatic nitrogens is 1. The predicted octanol–water partition coefficient (Wildman–Crippen LogP) is 3.02. The van der Waals surface area contributed by atoms with Gasteiger partial charge in [0.2, 0.25) is 5.88 Å². The normalized spacial score (nSPS) is 10.6. The first kappa shape index (κ1) is 10.7. The molecule has 0 aliphatic heterocycles. The molecule has 0 aliphatic rings. The number of hydrogen-bond donors (Lipinski definition) is 1. The van der Waals surface area contributed by atoms with Crippen LogP contribution in [0.5, 0.6) is 0 Å². The van der Waals surface area contributed by atoms with Gasteiger partial charge in [0.05, 0.1) is 11.3 Å². The summed E-state index contributed by atoms with van der Waals surface area (Å²) in [5.41, 5.74) is 7.42. The molecular weight excluding hydrogens is 207 g/mol. The number of nitrogens with two attached hydrogens (primary N) is 1. The molecule has 1 heterocycles. The highest BCUT2D eigenvalue weighted by Gasteiger charge is 2.17. The Morgan fingerprint density at radius 1 is 1.38 bits per heavy atom. The first-order valence-corrected chi connectivity index (χ1v) is 5.23. The van der Waals surface area contributed by atoms with Gasteiger partial charge < -0.3 is 10.3 Å². The SMILES string of the molecule is CCCc1noc(N)c1-c1ccccc1F. The van der Waals surface area contributed by atoms with Gasteiger partial charge in [0.1, 0.15) is 5.82 Å². The Hall–Kier alpha value is -1.84. The van der Waals surface area contributed by atoms with Gasteiger partial charge in [-0.15, -0.1) is 0 Å². The van der Waals surface area contributed by atoms with Crippen molar-refractivity contribution in [3.05, 3.63) is 35.8 Å². The summed E-state index contributed by atoms with van der Waals surface area (Å²) in [4.78, 5) is 0. The average Bonchev–Trinajstić information content (AvgIpc) is 2.62. The molecule has 1 aromatic heterocycles. The summed E-state index contributed by atoms with van der Waals surface area (Å²) in [7, 11) is 0. The van der Waals surface area contributed by atoms with E-state index in [4.69, 9.17) is 10.3 Å². The van der Waals surface area contributed by atoms with Crippen LogP contribution in [0, 0.1) is 5.82 Å². The molecule has 0 spiro atoms. The molecular formula is C12H13FN2O. The minimum Gasteiger partial charge on any atom is -0.367 e. The Bertz CT molecular complexity index is 494. The molecule has 0 aliphatic carbocycles. The standard InChI is InChI=1S/C12H13FN2O/c1-2-5-10-11(12(14)16-15-10)8-6-3-4-7-9(8)13/h3-4,6-7H,2,5,14H2,1H3. The number of nitrogen functional groups attached to an aromatic ring is 1. The second kappa shape index (κ2) is 4.35. The highest BCUT2D eigenvalue weighted by atomic mass is 19.1. The quantitative estimate of drug-likeness (QED) is 0.865. The molecule has 3 nitrogen and oxygen atoms in total. The number of benzene rings is 1. The van der Waals surface area contributed by atoms with Gasteiger partial charge >= 0.3 is 0 Å². The lowest BCUT2D eigenvalue weighted by Crippen LogP contribution is -1.93. The molecule has 2 aromatic rings. The van der Waals surface area contributed by atoms with E-state index in [1.165, 1.54) is 6.07 Å². The monoisotopic (exact) mass is 220 g/mol. The Morgan fingerprint density at radius 3 is 2.81 bits per heavy atom. The summed E-state index contributed by atoms with van der Waals surface area (Å²) in [5, 5.41) is 3.86. The fraction of sp³-hybridized carbons (Fsp3) is 0.250. The zero-order chi connectivity index (χ0) is 11.5. The molecule has 2 N–H and O–H groups in total. The van der Waals surface area contributed by atoms with E-state index in [0.29, 0.717) is 16.8 Å². The predicted molar refractivity (Wildman–Crippen MR) is 60.3 cm³/mol. The molecule has 0 atom stereocenters. The largest absolute Gasteiger partial charge is 0.367 e. The summed E-state index contributed by atoms with van der Waals surface area (Å²) in [6.07, 6.45) is 1.64. The van der Waals surface area contributed by atoms with Crippen molar-refractivity contribution in [3.63, 3.8) is 0 Å². The van der Waals surface area contributed by atoms with E-state index in [2.05, 4.69) is 5.16 Å². The van der Waals surface area contributed by atoms with Crippen molar-refractivity contribution in [2.24, 2.45) is 0 Å². The topological polar surface area (TPSA) is 52.0 Å². The van der Waals surface area contributed by atoms with Crippen LogP contribution in [0.15, 0.2) is 28.8 Å². The van der Waals surface area contributed by atoms with Crippen LogP contribution in [0.3, 0.4) is 0 Å². The summed E-state index contributed by atoms with van der Waals surface area (Å²) in [6, 6.07) is 6.48. The van der Waals surface area contributed by atoms with Crippen LogP contribution >= 0.6 is 0 Å². The number of rotatable bonds is 3. The Morgan fingerprint density at radius 2 is 2.12 bits per heavy atom. The summed E-state index contributed by atoms with van der Waals surface area (Å²) >= 11 is 0. The number of anilines is 1. The van der Waals surface area contributed by atoms with Gasteiger partial charge in [0, 0.05) is 5.56 Å². The smallest absolute Gasteiger partial charge is 0.230 e. The van der Waals surface area contributed by atoms with E-state index in [0.717, 1.165) is 12.8 Å². The molecule has 0 unspecified atom stereocenters. The van der Waals surface area contributed by atoms with Gasteiger partial charge in [0.15, 0.2) is 0 Å². The van der Waals surface area contributed by atoms with Crippen molar-refractivity contribution >= 4 is 5.88 Å². The highest BCUT2D eigenvalue weighted by Crippen LogP contribution is 2.32. The summed E-state index contributed by atoms with van der Waals surface area (Å²) < 4.78 is 18.5. The van der Waals surface area contributed by atoms with Crippen LogP contribution < -0.4 is 5.73 Å². The van der Waals surface area contributed by atoms with Crippen LogP contribution in [0.4, 0.5) is 10.3 Å². The molecule has 0 bridgehead atoms. The minimum atomic E-state index is -0.310. The number of aryl methyl sites for hydroxylation is 1. The molecule has 0 radical (unpaired) electrons. The number of nitrogens with zero attached hydrogens (tertiary/aromatic N) is 1. The molecule has 1 aromatic carbocycles. The van der Waals surface area contributed by atoms with E-state index < -0.39 is 0 Å². The van der Waals surface area contributed by atoms with Crippen molar-refractivity contribution in [2.75, 3.05) is 5.73 Å². The highest BCUT2D eigenvalue weighted by molar-refractivity contribution is 5.75. The van der Waals surface area contributed by atoms with Crippen LogP contribution in [-0.2, 0) is 6.42 Å². The van der Waals surface area contributed by atoms with Gasteiger partial charge in [-0.25, -0.2) is 4.39 Å². The fourth-order valence-electron chi connectivity index (χ4n) is 1.70. The second-order valence-corrected chi connectivity index (χ2v) is 3.60.